The van der Waals surface area contributed by atoms with Crippen molar-refractivity contribution >= 4 is 33.3 Å². The number of rotatable bonds is 6. The second-order valence-corrected chi connectivity index (χ2v) is 9.83. The highest BCUT2D eigenvalue weighted by molar-refractivity contribution is 7.90. The second-order valence-electron chi connectivity index (χ2n) is 7.26. The van der Waals surface area contributed by atoms with Crippen molar-refractivity contribution in [3.63, 3.8) is 0 Å². The van der Waals surface area contributed by atoms with Crippen molar-refractivity contribution in [3.05, 3.63) is 53.6 Å². The smallest absolute Gasteiger partial charge is 0.269 e. The third-order valence-corrected chi connectivity index (χ3v) is 5.89. The number of amides is 2. The predicted octanol–water partition coefficient (Wildman–Crippen LogP) is 1.05. The van der Waals surface area contributed by atoms with Crippen molar-refractivity contribution in [3.8, 4) is 11.4 Å². The van der Waals surface area contributed by atoms with Crippen LogP contribution in [0, 0.1) is 0 Å². The van der Waals surface area contributed by atoms with Crippen LogP contribution in [0.25, 0.3) is 11.4 Å². The van der Waals surface area contributed by atoms with E-state index in [0.717, 1.165) is 6.26 Å². The summed E-state index contributed by atoms with van der Waals surface area (Å²) in [6.45, 7) is 3.81. The number of aromatic nitrogens is 3. The molecular weight excluding hydrogens is 458 g/mol. The summed E-state index contributed by atoms with van der Waals surface area (Å²) in [6.07, 6.45) is 2.15. The maximum atomic E-state index is 12.2. The van der Waals surface area contributed by atoms with Gasteiger partial charge in [0.1, 0.15) is 33.1 Å². The highest BCUT2D eigenvalue weighted by Crippen LogP contribution is 2.30. The minimum atomic E-state index is -3.34. The van der Waals surface area contributed by atoms with Gasteiger partial charge in [-0.25, -0.2) is 23.4 Å². The first-order valence-electron chi connectivity index (χ1n) is 9.56. The Balaban J connectivity index is 1.97. The Morgan fingerprint density at radius 1 is 1.28 bits per heavy atom. The Labute approximate surface area is 190 Å². The molecule has 1 unspecified atom stereocenters. The zero-order chi connectivity index (χ0) is 23.5. The van der Waals surface area contributed by atoms with E-state index in [-0.39, 0.29) is 41.5 Å². The first-order chi connectivity index (χ1) is 15.1. The molecule has 12 heteroatoms. The van der Waals surface area contributed by atoms with Crippen molar-refractivity contribution in [2.45, 2.75) is 12.2 Å². The highest BCUT2D eigenvalue weighted by atomic mass is 35.5. The molecule has 3 rings (SSSR count). The van der Waals surface area contributed by atoms with Crippen LogP contribution < -0.4 is 5.32 Å². The molecule has 0 saturated carbocycles. The molecule has 0 bridgehead atoms. The second kappa shape index (κ2) is 9.72. The van der Waals surface area contributed by atoms with Gasteiger partial charge in [-0.3, -0.25) is 9.59 Å². The molecule has 2 amide bonds. The van der Waals surface area contributed by atoms with Crippen LogP contribution in [-0.4, -0.2) is 78.3 Å². The van der Waals surface area contributed by atoms with Crippen LogP contribution >= 0.6 is 11.6 Å². The Hall–Kier alpha value is -2.89. The molecular formula is C20H22ClN5O5S. The molecule has 32 heavy (non-hydrogen) atoms. The van der Waals surface area contributed by atoms with Crippen molar-refractivity contribution in [1.82, 2.24) is 25.2 Å². The third kappa shape index (κ3) is 5.87. The van der Waals surface area contributed by atoms with E-state index in [9.17, 15) is 18.0 Å². The fourth-order valence-corrected chi connectivity index (χ4v) is 4.42. The van der Waals surface area contributed by atoms with Crippen LogP contribution in [0.15, 0.2) is 37.2 Å². The Kier molecular flexibility index (Phi) is 7.22. The number of halogens is 1. The molecule has 0 aliphatic carbocycles. The van der Waals surface area contributed by atoms with Crippen LogP contribution in [0.4, 0.5) is 0 Å². The van der Waals surface area contributed by atoms with Gasteiger partial charge in [0.15, 0.2) is 0 Å². The van der Waals surface area contributed by atoms with E-state index in [2.05, 4.69) is 26.8 Å². The van der Waals surface area contributed by atoms with Crippen LogP contribution in [0.5, 0.6) is 0 Å². The number of carbonyl (C=O) groups is 2. The first kappa shape index (κ1) is 23.8. The molecule has 2 aromatic heterocycles. The molecule has 0 aromatic carbocycles. The van der Waals surface area contributed by atoms with E-state index >= 15 is 0 Å². The average molecular weight is 480 g/mol. The molecule has 3 heterocycles. The number of ether oxygens (including phenoxy) is 1. The number of pyridine rings is 1. The minimum absolute atomic E-state index is 0.126. The third-order valence-electron chi connectivity index (χ3n) is 4.72. The van der Waals surface area contributed by atoms with Gasteiger partial charge < -0.3 is 15.0 Å². The normalized spacial score (nSPS) is 18.8. The van der Waals surface area contributed by atoms with Gasteiger partial charge in [-0.15, -0.1) is 0 Å². The Bertz CT molecular complexity index is 1160. The number of sulfone groups is 1. The largest absolute Gasteiger partial charge is 0.366 e. The van der Waals surface area contributed by atoms with E-state index in [4.69, 9.17) is 16.3 Å². The van der Waals surface area contributed by atoms with E-state index in [0.29, 0.717) is 17.0 Å². The highest BCUT2D eigenvalue weighted by Gasteiger charge is 2.33. The molecule has 2 aromatic rings. The van der Waals surface area contributed by atoms with E-state index in [1.165, 1.54) is 30.4 Å². The SMILES string of the molecule is C=CC(=O)N1CC(c2cc(Cl)nc(-c3cc(C(=O)NC)ncn3)c2)O[C@@H](CS(C)(=O)=O)C1. The number of carbonyl (C=O) groups excluding carboxylic acids is 2. The van der Waals surface area contributed by atoms with Crippen LogP contribution in [0.2, 0.25) is 5.15 Å². The lowest BCUT2D eigenvalue weighted by Gasteiger charge is -2.37. The lowest BCUT2D eigenvalue weighted by molar-refractivity contribution is -0.139. The first-order valence-corrected chi connectivity index (χ1v) is 12.0. The maximum Gasteiger partial charge on any atom is 0.269 e. The standard InChI is InChI=1S/C20H22ClN5O5S/c1-4-19(27)26-8-13(10-32(3,29)30)31-17(9-26)12-5-15(25-18(21)6-12)14-7-16(20(28)22-2)24-11-23-14/h4-7,11,13,17H,1,8-10H2,2-3H3,(H,22,28)/t13-,17?/m1/s1. The quantitative estimate of drug-likeness (QED) is 0.480. The summed E-state index contributed by atoms with van der Waals surface area (Å²) in [7, 11) is -1.85. The number of morpholine rings is 1. The molecule has 2 atom stereocenters. The lowest BCUT2D eigenvalue weighted by atomic mass is 10.1. The molecule has 1 saturated heterocycles. The maximum absolute atomic E-state index is 12.2. The average Bonchev–Trinajstić information content (AvgIpc) is 2.76. The molecule has 1 fully saturated rings. The van der Waals surface area contributed by atoms with Crippen molar-refractivity contribution in [2.75, 3.05) is 32.1 Å². The Morgan fingerprint density at radius 2 is 2.03 bits per heavy atom. The lowest BCUT2D eigenvalue weighted by Crippen LogP contribution is -2.48. The van der Waals surface area contributed by atoms with Crippen molar-refractivity contribution in [1.29, 1.82) is 0 Å². The zero-order valence-corrected chi connectivity index (χ0v) is 19.1. The molecule has 1 aliphatic rings. The molecule has 170 valence electrons. The van der Waals surface area contributed by atoms with Crippen LogP contribution in [0.3, 0.4) is 0 Å². The fraction of sp³-hybridized carbons (Fsp3) is 0.350. The predicted molar refractivity (Wildman–Crippen MR) is 118 cm³/mol. The monoisotopic (exact) mass is 479 g/mol. The number of hydrogen-bond acceptors (Lipinski definition) is 8. The summed E-state index contributed by atoms with van der Waals surface area (Å²) in [5.74, 6) is -0.950. The van der Waals surface area contributed by atoms with Gasteiger partial charge in [-0.2, -0.15) is 0 Å². The van der Waals surface area contributed by atoms with Gasteiger partial charge in [-0.1, -0.05) is 18.2 Å². The van der Waals surface area contributed by atoms with Gasteiger partial charge in [-0.05, 0) is 29.8 Å². The summed E-state index contributed by atoms with van der Waals surface area (Å²) < 4.78 is 29.6. The number of nitrogens with zero attached hydrogens (tertiary/aromatic N) is 4. The van der Waals surface area contributed by atoms with E-state index < -0.39 is 22.0 Å². The van der Waals surface area contributed by atoms with E-state index in [1.54, 1.807) is 12.1 Å². The van der Waals surface area contributed by atoms with Crippen LogP contribution in [0.1, 0.15) is 22.2 Å². The molecule has 1 N–H and O–H groups in total. The van der Waals surface area contributed by atoms with E-state index in [1.807, 2.05) is 0 Å². The summed E-state index contributed by atoms with van der Waals surface area (Å²) in [5.41, 5.74) is 1.48. The number of nitrogens with one attached hydrogen (secondary N) is 1. The van der Waals surface area contributed by atoms with Gasteiger partial charge in [0.25, 0.3) is 5.91 Å². The topological polar surface area (TPSA) is 131 Å². The molecule has 0 radical (unpaired) electrons. The van der Waals surface area contributed by atoms with Crippen molar-refractivity contribution in [2.24, 2.45) is 0 Å². The summed E-state index contributed by atoms with van der Waals surface area (Å²) >= 11 is 6.24. The van der Waals surface area contributed by atoms with Gasteiger partial charge in [0, 0.05) is 19.8 Å². The van der Waals surface area contributed by atoms with Gasteiger partial charge in [0.05, 0.1) is 29.8 Å². The minimum Gasteiger partial charge on any atom is -0.366 e. The summed E-state index contributed by atoms with van der Waals surface area (Å²) in [6, 6.07) is 4.73. The molecule has 10 nitrogen and oxygen atoms in total. The van der Waals surface area contributed by atoms with Gasteiger partial charge >= 0.3 is 0 Å². The summed E-state index contributed by atoms with van der Waals surface area (Å²) in [4.78, 5) is 38.0. The fourth-order valence-electron chi connectivity index (χ4n) is 3.34. The number of hydrogen-bond donors (Lipinski definition) is 1. The molecule has 1 aliphatic heterocycles. The summed E-state index contributed by atoms with van der Waals surface area (Å²) in [5, 5.41) is 2.63. The van der Waals surface area contributed by atoms with Crippen LogP contribution in [-0.2, 0) is 19.4 Å². The molecule has 0 spiro atoms. The Morgan fingerprint density at radius 3 is 2.69 bits per heavy atom. The van der Waals surface area contributed by atoms with Crippen molar-refractivity contribution < 1.29 is 22.7 Å². The van der Waals surface area contributed by atoms with Gasteiger partial charge in [0.2, 0.25) is 5.91 Å². The zero-order valence-electron chi connectivity index (χ0n) is 17.5.